The minimum Gasteiger partial charge on any atom is -0.318 e. The third-order valence-electron chi connectivity index (χ3n) is 3.11. The quantitative estimate of drug-likeness (QED) is 0.611. The number of hydrogen-bond acceptors (Lipinski definition) is 2. The zero-order chi connectivity index (χ0) is 13.3. The molecule has 0 saturated heterocycles. The van der Waals surface area contributed by atoms with Crippen LogP contribution in [0.1, 0.15) is 39.0 Å². The first-order valence-corrected chi connectivity index (χ1v) is 5.80. The van der Waals surface area contributed by atoms with Gasteiger partial charge in [0.15, 0.2) is 12.1 Å². The molecule has 0 unspecified atom stereocenters. The molecule has 3 nitrogen and oxygen atoms in total. The molecule has 0 saturated carbocycles. The van der Waals surface area contributed by atoms with Crippen molar-refractivity contribution in [1.29, 1.82) is 0 Å². The lowest BCUT2D eigenvalue weighted by atomic mass is 10.1. The number of hydrogen-bond donors (Lipinski definition) is 0. The Bertz CT molecular complexity index is 623. The summed E-state index contributed by atoms with van der Waals surface area (Å²) in [6.07, 6.45) is 0.855. The Hall–Kier alpha value is -2.16. The SMILES string of the molecule is CC(=O)c1cccc(-n2c(C)cc(C=O)c2C)c1. The van der Waals surface area contributed by atoms with Gasteiger partial charge in [0.1, 0.15) is 0 Å². The van der Waals surface area contributed by atoms with Crippen molar-refractivity contribution in [2.75, 3.05) is 0 Å². The first kappa shape index (κ1) is 12.3. The Morgan fingerprint density at radius 1 is 1.22 bits per heavy atom. The molecule has 1 heterocycles. The molecule has 0 amide bonds. The Morgan fingerprint density at radius 3 is 2.50 bits per heavy atom. The lowest BCUT2D eigenvalue weighted by molar-refractivity contribution is 0.101. The van der Waals surface area contributed by atoms with Crippen LogP contribution in [0, 0.1) is 13.8 Å². The van der Waals surface area contributed by atoms with Crippen molar-refractivity contribution >= 4 is 12.1 Å². The second-order valence-electron chi connectivity index (χ2n) is 4.39. The van der Waals surface area contributed by atoms with Crippen molar-refractivity contribution < 1.29 is 9.59 Å². The summed E-state index contributed by atoms with van der Waals surface area (Å²) < 4.78 is 1.98. The van der Waals surface area contributed by atoms with Crippen LogP contribution >= 0.6 is 0 Å². The first-order chi connectivity index (χ1) is 8.54. The number of aromatic nitrogens is 1. The molecule has 0 spiro atoms. The van der Waals surface area contributed by atoms with Gasteiger partial charge in [-0.3, -0.25) is 9.59 Å². The van der Waals surface area contributed by atoms with E-state index in [0.29, 0.717) is 11.1 Å². The number of aldehydes is 1. The van der Waals surface area contributed by atoms with Crippen LogP contribution in [0.25, 0.3) is 5.69 Å². The van der Waals surface area contributed by atoms with Gasteiger partial charge in [0.25, 0.3) is 0 Å². The van der Waals surface area contributed by atoms with E-state index in [1.807, 2.05) is 42.7 Å². The molecule has 2 aromatic rings. The van der Waals surface area contributed by atoms with Gasteiger partial charge >= 0.3 is 0 Å². The largest absolute Gasteiger partial charge is 0.318 e. The summed E-state index contributed by atoms with van der Waals surface area (Å²) >= 11 is 0. The normalized spacial score (nSPS) is 10.4. The molecule has 0 bridgehead atoms. The fraction of sp³-hybridized carbons (Fsp3) is 0.200. The Balaban J connectivity index is 2.62. The van der Waals surface area contributed by atoms with Crippen molar-refractivity contribution in [1.82, 2.24) is 4.57 Å². The predicted octanol–water partition coefficient (Wildman–Crippen LogP) is 3.11. The highest BCUT2D eigenvalue weighted by molar-refractivity contribution is 5.94. The summed E-state index contributed by atoms with van der Waals surface area (Å²) in [4.78, 5) is 22.3. The van der Waals surface area contributed by atoms with Crippen LogP contribution in [0.15, 0.2) is 30.3 Å². The summed E-state index contributed by atoms with van der Waals surface area (Å²) in [6.45, 7) is 5.39. The number of Topliss-reactive ketones (excluding diaryl/α,β-unsaturated/α-hetero) is 1. The standard InChI is InChI=1S/C15H15NO2/c1-10-7-14(9-17)11(2)16(10)15-6-4-5-13(8-15)12(3)18/h4-9H,1-3H3. The molecule has 0 aliphatic heterocycles. The zero-order valence-electron chi connectivity index (χ0n) is 10.7. The van der Waals surface area contributed by atoms with Crippen LogP contribution in [0.3, 0.4) is 0 Å². The van der Waals surface area contributed by atoms with Gasteiger partial charge in [0, 0.05) is 28.2 Å². The molecular formula is C15H15NO2. The molecule has 18 heavy (non-hydrogen) atoms. The van der Waals surface area contributed by atoms with E-state index in [9.17, 15) is 9.59 Å². The molecule has 92 valence electrons. The van der Waals surface area contributed by atoms with Crippen LogP contribution in [0.2, 0.25) is 0 Å². The lowest BCUT2D eigenvalue weighted by Gasteiger charge is -2.10. The summed E-state index contributed by atoms with van der Waals surface area (Å²) in [5.41, 5.74) is 4.14. The lowest BCUT2D eigenvalue weighted by Crippen LogP contribution is -2.01. The van der Waals surface area contributed by atoms with Crippen molar-refractivity contribution in [3.05, 3.63) is 52.8 Å². The number of ketones is 1. The fourth-order valence-corrected chi connectivity index (χ4v) is 2.17. The maximum absolute atomic E-state index is 11.4. The number of carbonyl (C=O) groups excluding carboxylic acids is 2. The Kier molecular flexibility index (Phi) is 3.15. The van der Waals surface area contributed by atoms with Crippen molar-refractivity contribution in [2.45, 2.75) is 20.8 Å². The second-order valence-corrected chi connectivity index (χ2v) is 4.39. The predicted molar refractivity (Wildman–Crippen MR) is 70.6 cm³/mol. The molecule has 0 fully saturated rings. The molecule has 0 atom stereocenters. The topological polar surface area (TPSA) is 39.1 Å². The Morgan fingerprint density at radius 2 is 1.94 bits per heavy atom. The van der Waals surface area contributed by atoms with Gasteiger partial charge in [-0.1, -0.05) is 12.1 Å². The minimum absolute atomic E-state index is 0.0370. The average molecular weight is 241 g/mol. The van der Waals surface area contributed by atoms with E-state index in [1.165, 1.54) is 0 Å². The molecule has 3 heteroatoms. The van der Waals surface area contributed by atoms with Gasteiger partial charge in [-0.2, -0.15) is 0 Å². The summed E-state index contributed by atoms with van der Waals surface area (Å²) in [5.74, 6) is 0.0370. The van der Waals surface area contributed by atoms with Gasteiger partial charge in [-0.25, -0.2) is 0 Å². The van der Waals surface area contributed by atoms with Crippen molar-refractivity contribution in [2.24, 2.45) is 0 Å². The van der Waals surface area contributed by atoms with Gasteiger partial charge in [-0.15, -0.1) is 0 Å². The number of aryl methyl sites for hydroxylation is 1. The number of rotatable bonds is 3. The second kappa shape index (κ2) is 4.61. The van der Waals surface area contributed by atoms with Gasteiger partial charge in [0.2, 0.25) is 0 Å². The van der Waals surface area contributed by atoms with Crippen LogP contribution in [0.4, 0.5) is 0 Å². The average Bonchev–Trinajstić information content (AvgIpc) is 2.64. The molecule has 0 aliphatic rings. The maximum Gasteiger partial charge on any atom is 0.159 e. The van der Waals surface area contributed by atoms with Crippen LogP contribution in [0.5, 0.6) is 0 Å². The van der Waals surface area contributed by atoms with Crippen LogP contribution in [-0.2, 0) is 0 Å². The minimum atomic E-state index is 0.0370. The summed E-state index contributed by atoms with van der Waals surface area (Å²) in [7, 11) is 0. The summed E-state index contributed by atoms with van der Waals surface area (Å²) in [5, 5.41) is 0. The molecule has 1 aromatic heterocycles. The third-order valence-corrected chi connectivity index (χ3v) is 3.11. The highest BCUT2D eigenvalue weighted by atomic mass is 16.1. The highest BCUT2D eigenvalue weighted by Gasteiger charge is 2.10. The van der Waals surface area contributed by atoms with Gasteiger partial charge in [0.05, 0.1) is 0 Å². The number of benzene rings is 1. The van der Waals surface area contributed by atoms with Gasteiger partial charge in [-0.05, 0) is 39.0 Å². The zero-order valence-corrected chi connectivity index (χ0v) is 10.7. The molecule has 0 N–H and O–H groups in total. The van der Waals surface area contributed by atoms with Crippen LogP contribution < -0.4 is 0 Å². The highest BCUT2D eigenvalue weighted by Crippen LogP contribution is 2.20. The van der Waals surface area contributed by atoms with Crippen molar-refractivity contribution in [3.63, 3.8) is 0 Å². The fourth-order valence-electron chi connectivity index (χ4n) is 2.17. The maximum atomic E-state index is 11.4. The third kappa shape index (κ3) is 1.99. The van der Waals surface area contributed by atoms with E-state index in [-0.39, 0.29) is 5.78 Å². The number of nitrogens with zero attached hydrogens (tertiary/aromatic N) is 1. The monoisotopic (exact) mass is 241 g/mol. The van der Waals surface area contributed by atoms with E-state index < -0.39 is 0 Å². The molecule has 0 aliphatic carbocycles. The molecule has 0 radical (unpaired) electrons. The van der Waals surface area contributed by atoms with E-state index in [0.717, 1.165) is 23.4 Å². The molecule has 2 rings (SSSR count). The summed E-state index contributed by atoms with van der Waals surface area (Å²) in [6, 6.07) is 9.27. The smallest absolute Gasteiger partial charge is 0.159 e. The van der Waals surface area contributed by atoms with E-state index in [1.54, 1.807) is 13.0 Å². The molecular weight excluding hydrogens is 226 g/mol. The van der Waals surface area contributed by atoms with Crippen LogP contribution in [-0.4, -0.2) is 16.6 Å². The molecule has 1 aromatic carbocycles. The van der Waals surface area contributed by atoms with Gasteiger partial charge < -0.3 is 4.57 Å². The first-order valence-electron chi connectivity index (χ1n) is 5.80. The van der Waals surface area contributed by atoms with Crippen molar-refractivity contribution in [3.8, 4) is 5.69 Å². The Labute approximate surface area is 106 Å². The van der Waals surface area contributed by atoms with E-state index in [4.69, 9.17) is 0 Å². The number of carbonyl (C=O) groups is 2. The van der Waals surface area contributed by atoms with E-state index in [2.05, 4.69) is 0 Å². The van der Waals surface area contributed by atoms with E-state index >= 15 is 0 Å².